The predicted octanol–water partition coefficient (Wildman–Crippen LogP) is 2.60. The summed E-state index contributed by atoms with van der Waals surface area (Å²) in [5, 5.41) is 1.14. The van der Waals surface area contributed by atoms with E-state index in [1.807, 2.05) is 0 Å². The molecular formula is C8H17BrMg. The first-order valence-corrected chi connectivity index (χ1v) is 4.59. The van der Waals surface area contributed by atoms with Gasteiger partial charge in [-0.3, -0.25) is 0 Å². The molecule has 58 valence electrons. The molecule has 0 aliphatic carbocycles. The fraction of sp³-hybridized carbons (Fsp3) is 0.750. The zero-order chi connectivity index (χ0) is 7.11. The normalized spacial score (nSPS) is 8.30. The molecule has 0 radical (unpaired) electrons. The predicted molar refractivity (Wildman–Crippen MR) is 55.6 cm³/mol. The Bertz CT molecular complexity index is 85.3. The first-order valence-electron chi connectivity index (χ1n) is 3.46. The van der Waals surface area contributed by atoms with Crippen LogP contribution in [0.5, 0.6) is 0 Å². The van der Waals surface area contributed by atoms with E-state index in [-0.39, 0.29) is 23.1 Å². The van der Waals surface area contributed by atoms with Gasteiger partial charge in [0.05, 0.1) is 0 Å². The van der Waals surface area contributed by atoms with Crippen molar-refractivity contribution in [1.82, 2.24) is 0 Å². The first-order chi connectivity index (χ1) is 4.27. The van der Waals surface area contributed by atoms with Gasteiger partial charge in [-0.1, -0.05) is 27.6 Å². The van der Waals surface area contributed by atoms with Gasteiger partial charge in [0, 0.05) is 5.33 Å². The highest BCUT2D eigenvalue weighted by molar-refractivity contribution is 9.09. The van der Waals surface area contributed by atoms with Crippen molar-refractivity contribution in [2.24, 2.45) is 0 Å². The molecule has 2 heteroatoms. The minimum atomic E-state index is 0. The summed E-state index contributed by atoms with van der Waals surface area (Å²) in [6, 6.07) is 0. The fourth-order valence-corrected chi connectivity index (χ4v) is 1.03. The summed E-state index contributed by atoms with van der Waals surface area (Å²) in [6.45, 7) is 4.29. The minimum Gasteiger partial charge on any atom is -0.0928 e. The molecule has 0 spiro atoms. The Morgan fingerprint density at radius 3 is 2.30 bits per heavy atom. The Hall–Kier alpha value is 0.986. The lowest BCUT2D eigenvalue weighted by atomic mass is 10.2. The summed E-state index contributed by atoms with van der Waals surface area (Å²) in [5.74, 6) is 0. The number of hydrogen-bond donors (Lipinski definition) is 0. The van der Waals surface area contributed by atoms with Crippen LogP contribution in [0.1, 0.15) is 33.1 Å². The molecule has 0 aromatic heterocycles. The second-order valence-corrected chi connectivity index (χ2v) is 3.26. The van der Waals surface area contributed by atoms with Crippen molar-refractivity contribution in [3.05, 3.63) is 11.6 Å². The van der Waals surface area contributed by atoms with Gasteiger partial charge in [-0.25, -0.2) is 0 Å². The Kier molecular flexibility index (Phi) is 13.5. The third kappa shape index (κ3) is 11.7. The smallest absolute Gasteiger partial charge is 0.0928 e. The maximum Gasteiger partial charge on any atom is 0.316 e. The monoisotopic (exact) mass is 216 g/mol. The van der Waals surface area contributed by atoms with E-state index in [9.17, 15) is 0 Å². The second kappa shape index (κ2) is 9.99. The topological polar surface area (TPSA) is 0 Å². The number of halogens is 1. The zero-order valence-electron chi connectivity index (χ0n) is 6.28. The molecule has 10 heavy (non-hydrogen) atoms. The Morgan fingerprint density at radius 1 is 1.30 bits per heavy atom. The van der Waals surface area contributed by atoms with Crippen LogP contribution in [0, 0.1) is 0 Å². The van der Waals surface area contributed by atoms with Crippen LogP contribution in [0.3, 0.4) is 0 Å². The lowest BCUT2D eigenvalue weighted by Gasteiger charge is -1.91. The molecule has 0 fully saturated rings. The number of hydrogen-bond acceptors (Lipinski definition) is 0. The average molecular weight is 217 g/mol. The van der Waals surface area contributed by atoms with Gasteiger partial charge in [0.1, 0.15) is 0 Å². The number of allylic oxidation sites excluding steroid dienone is 2. The van der Waals surface area contributed by atoms with Crippen molar-refractivity contribution < 1.29 is 0 Å². The summed E-state index contributed by atoms with van der Waals surface area (Å²) < 4.78 is 0. The summed E-state index contributed by atoms with van der Waals surface area (Å²) in [4.78, 5) is 0. The quantitative estimate of drug-likeness (QED) is 0.294. The summed E-state index contributed by atoms with van der Waals surface area (Å²) in [5.41, 5.74) is 1.43. The van der Waals surface area contributed by atoms with Crippen molar-refractivity contribution in [1.29, 1.82) is 0 Å². The van der Waals surface area contributed by atoms with Crippen LogP contribution in [0.15, 0.2) is 11.6 Å². The fourth-order valence-electron chi connectivity index (χ4n) is 0.630. The molecule has 0 amide bonds. The maximum absolute atomic E-state index is 3.40. The number of unbranched alkanes of at least 4 members (excludes halogenated alkanes) is 2. The van der Waals surface area contributed by atoms with E-state index in [2.05, 4.69) is 35.9 Å². The molecule has 0 aromatic carbocycles. The van der Waals surface area contributed by atoms with Crippen LogP contribution in [-0.4, -0.2) is 28.4 Å². The minimum absolute atomic E-state index is 0. The van der Waals surface area contributed by atoms with Crippen molar-refractivity contribution in [2.75, 3.05) is 5.33 Å². The highest BCUT2D eigenvalue weighted by Crippen LogP contribution is 2.01. The molecule has 0 nitrogen and oxygen atoms in total. The molecule has 0 heterocycles. The van der Waals surface area contributed by atoms with Gasteiger partial charge in [0.25, 0.3) is 0 Å². The molecule has 0 unspecified atom stereocenters. The molecule has 0 rings (SSSR count). The number of rotatable bonds is 4. The average Bonchev–Trinajstić information content (AvgIpc) is 1.80. The van der Waals surface area contributed by atoms with Gasteiger partial charge in [-0.05, 0) is 33.1 Å². The van der Waals surface area contributed by atoms with Crippen LogP contribution in [0.25, 0.3) is 0 Å². The van der Waals surface area contributed by atoms with Gasteiger partial charge < -0.3 is 0 Å². The van der Waals surface area contributed by atoms with E-state index < -0.39 is 0 Å². The molecular weight excluding hydrogens is 200 g/mol. The maximum atomic E-state index is 3.40. The van der Waals surface area contributed by atoms with Gasteiger partial charge in [-0.15, -0.1) is 0 Å². The molecule has 0 N–H and O–H groups in total. The summed E-state index contributed by atoms with van der Waals surface area (Å²) >= 11 is 3.40. The first kappa shape index (κ1) is 13.6. The molecule has 0 aromatic rings. The number of alkyl halides is 1. The van der Waals surface area contributed by atoms with Gasteiger partial charge >= 0.3 is 23.1 Å². The van der Waals surface area contributed by atoms with Crippen LogP contribution in [0.2, 0.25) is 0 Å². The van der Waals surface area contributed by atoms with E-state index in [0.717, 1.165) is 5.33 Å². The molecule has 0 atom stereocenters. The van der Waals surface area contributed by atoms with E-state index in [1.54, 1.807) is 0 Å². The molecule has 0 saturated heterocycles. The van der Waals surface area contributed by atoms with Crippen molar-refractivity contribution in [2.45, 2.75) is 33.1 Å². The van der Waals surface area contributed by atoms with E-state index in [1.165, 1.54) is 24.8 Å². The highest BCUT2D eigenvalue weighted by Gasteiger charge is 1.82. The van der Waals surface area contributed by atoms with Crippen LogP contribution >= 0.6 is 15.9 Å². The van der Waals surface area contributed by atoms with Gasteiger partial charge in [-0.2, -0.15) is 0 Å². The SMILES string of the molecule is CC(C)=CCCCCBr.[MgH2]. The Labute approximate surface area is 88.7 Å². The molecule has 0 aliphatic heterocycles. The molecule has 0 bridgehead atoms. The Balaban J connectivity index is 0. The van der Waals surface area contributed by atoms with Crippen molar-refractivity contribution in [3.8, 4) is 0 Å². The van der Waals surface area contributed by atoms with E-state index >= 15 is 0 Å². The van der Waals surface area contributed by atoms with Gasteiger partial charge in [0.2, 0.25) is 0 Å². The Morgan fingerprint density at radius 2 is 1.90 bits per heavy atom. The molecule has 0 saturated carbocycles. The molecule has 0 aliphatic rings. The van der Waals surface area contributed by atoms with Crippen LogP contribution < -0.4 is 0 Å². The summed E-state index contributed by atoms with van der Waals surface area (Å²) in [6.07, 6.45) is 6.15. The summed E-state index contributed by atoms with van der Waals surface area (Å²) in [7, 11) is 0. The standard InChI is InChI=1S/C8H15Br.Mg.2H/c1-8(2)6-4-3-5-7-9;;;/h6H,3-5,7H2,1-2H3;;;. The van der Waals surface area contributed by atoms with Crippen molar-refractivity contribution >= 4 is 39.0 Å². The van der Waals surface area contributed by atoms with Gasteiger partial charge in [0.15, 0.2) is 0 Å². The zero-order valence-corrected chi connectivity index (χ0v) is 7.87. The lowest BCUT2D eigenvalue weighted by Crippen LogP contribution is -1.74. The third-order valence-corrected chi connectivity index (χ3v) is 1.70. The third-order valence-electron chi connectivity index (χ3n) is 1.14. The van der Waals surface area contributed by atoms with E-state index in [0.29, 0.717) is 0 Å². The van der Waals surface area contributed by atoms with Crippen molar-refractivity contribution in [3.63, 3.8) is 0 Å². The van der Waals surface area contributed by atoms with Crippen LogP contribution in [-0.2, 0) is 0 Å². The highest BCUT2D eigenvalue weighted by atomic mass is 79.9. The largest absolute Gasteiger partial charge is 0.316 e. The second-order valence-electron chi connectivity index (χ2n) is 2.47. The van der Waals surface area contributed by atoms with E-state index in [4.69, 9.17) is 0 Å². The van der Waals surface area contributed by atoms with Crippen LogP contribution in [0.4, 0.5) is 0 Å². The lowest BCUT2D eigenvalue weighted by molar-refractivity contribution is 0.822.